The lowest BCUT2D eigenvalue weighted by atomic mass is 9.47. The highest BCUT2D eigenvalue weighted by molar-refractivity contribution is 5.25. The van der Waals surface area contributed by atoms with Crippen LogP contribution in [0, 0.1) is 34.5 Å². The maximum atomic E-state index is 10.4. The van der Waals surface area contributed by atoms with Gasteiger partial charge in [0.05, 0.1) is 11.7 Å². The lowest BCUT2D eigenvalue weighted by Gasteiger charge is -2.58. The zero-order valence-electron chi connectivity index (χ0n) is 19.0. The van der Waals surface area contributed by atoms with E-state index in [2.05, 4.69) is 19.9 Å². The van der Waals surface area contributed by atoms with Gasteiger partial charge < -0.3 is 15.3 Å². The molecule has 0 bridgehead atoms. The first-order chi connectivity index (χ1) is 13.7. The quantitative estimate of drug-likeness (QED) is 0.531. The molecular weight excluding hydrogens is 360 g/mol. The van der Waals surface area contributed by atoms with Gasteiger partial charge in [0.2, 0.25) is 0 Å². The Bertz CT molecular complexity index is 625. The van der Waals surface area contributed by atoms with Gasteiger partial charge in [0.1, 0.15) is 0 Å². The van der Waals surface area contributed by atoms with Crippen molar-refractivity contribution < 1.29 is 15.3 Å². The Hall–Kier alpha value is -0.380. The molecule has 0 heterocycles. The van der Waals surface area contributed by atoms with Gasteiger partial charge >= 0.3 is 0 Å². The van der Waals surface area contributed by atoms with Gasteiger partial charge in [-0.1, -0.05) is 31.9 Å². The van der Waals surface area contributed by atoms with Gasteiger partial charge in [0.25, 0.3) is 0 Å². The molecule has 3 fully saturated rings. The first kappa shape index (κ1) is 21.8. The van der Waals surface area contributed by atoms with Crippen LogP contribution in [-0.4, -0.2) is 33.6 Å². The van der Waals surface area contributed by atoms with Crippen LogP contribution in [-0.2, 0) is 0 Å². The molecule has 3 saturated carbocycles. The van der Waals surface area contributed by atoms with Crippen molar-refractivity contribution in [1.29, 1.82) is 0 Å². The van der Waals surface area contributed by atoms with Crippen molar-refractivity contribution in [3.8, 4) is 0 Å². The van der Waals surface area contributed by atoms with E-state index in [1.54, 1.807) is 5.57 Å². The van der Waals surface area contributed by atoms with Crippen LogP contribution in [0.1, 0.15) is 97.8 Å². The van der Waals surface area contributed by atoms with E-state index in [1.165, 1.54) is 44.9 Å². The number of rotatable bonds is 6. The zero-order chi connectivity index (χ0) is 20.9. The third-order valence-electron chi connectivity index (χ3n) is 10.2. The SMILES string of the molecule is CC(O)(CCO)CCC[C@H]1CCC2[C@@H]3CC=C4CC(O)CCC4(C)C3CCC21C. The molecule has 4 aliphatic carbocycles. The molecule has 0 spiro atoms. The molecule has 0 aliphatic heterocycles. The fraction of sp³-hybridized carbons (Fsp3) is 0.923. The smallest absolute Gasteiger partial charge is 0.0641 e. The van der Waals surface area contributed by atoms with Crippen LogP contribution >= 0.6 is 0 Å². The fourth-order valence-electron chi connectivity index (χ4n) is 8.32. The third-order valence-corrected chi connectivity index (χ3v) is 10.2. The molecular formula is C26H44O3. The lowest BCUT2D eigenvalue weighted by molar-refractivity contribution is -0.0518. The molecule has 6 unspecified atom stereocenters. The summed E-state index contributed by atoms with van der Waals surface area (Å²) in [7, 11) is 0. The van der Waals surface area contributed by atoms with Crippen molar-refractivity contribution in [3.05, 3.63) is 11.6 Å². The van der Waals surface area contributed by atoms with Gasteiger partial charge in [-0.3, -0.25) is 0 Å². The van der Waals surface area contributed by atoms with Crippen LogP contribution in [0.2, 0.25) is 0 Å². The van der Waals surface area contributed by atoms with Crippen molar-refractivity contribution in [2.45, 2.75) is 110 Å². The minimum Gasteiger partial charge on any atom is -0.396 e. The van der Waals surface area contributed by atoms with Gasteiger partial charge in [-0.25, -0.2) is 0 Å². The topological polar surface area (TPSA) is 60.7 Å². The summed E-state index contributed by atoms with van der Waals surface area (Å²) in [5.74, 6) is 3.30. The normalized spacial score (nSPS) is 46.3. The predicted molar refractivity (Wildman–Crippen MR) is 117 cm³/mol. The molecule has 29 heavy (non-hydrogen) atoms. The maximum absolute atomic E-state index is 10.4. The van der Waals surface area contributed by atoms with Crippen LogP contribution in [0.5, 0.6) is 0 Å². The molecule has 0 aromatic rings. The highest BCUT2D eigenvalue weighted by atomic mass is 16.3. The number of hydrogen-bond donors (Lipinski definition) is 3. The second-order valence-corrected chi connectivity index (χ2v) is 11.8. The predicted octanol–water partition coefficient (Wildman–Crippen LogP) is 5.23. The van der Waals surface area contributed by atoms with Crippen LogP contribution < -0.4 is 0 Å². The minimum absolute atomic E-state index is 0.0740. The Morgan fingerprint density at radius 2 is 1.86 bits per heavy atom. The second-order valence-electron chi connectivity index (χ2n) is 11.8. The number of fused-ring (bicyclic) bond motifs is 5. The van der Waals surface area contributed by atoms with Gasteiger partial charge in [-0.2, -0.15) is 0 Å². The molecule has 3 N–H and O–H groups in total. The molecule has 3 heteroatoms. The molecule has 0 aromatic carbocycles. The molecule has 3 nitrogen and oxygen atoms in total. The average molecular weight is 405 g/mol. The summed E-state index contributed by atoms with van der Waals surface area (Å²) in [6, 6.07) is 0. The van der Waals surface area contributed by atoms with E-state index in [1.807, 2.05) is 6.92 Å². The summed E-state index contributed by atoms with van der Waals surface area (Å²) in [6.07, 6.45) is 15.8. The van der Waals surface area contributed by atoms with E-state index in [9.17, 15) is 10.2 Å². The van der Waals surface area contributed by atoms with Crippen LogP contribution in [0.15, 0.2) is 11.6 Å². The first-order valence-electron chi connectivity index (χ1n) is 12.4. The Morgan fingerprint density at radius 3 is 2.62 bits per heavy atom. The average Bonchev–Trinajstić information content (AvgIpc) is 2.99. The van der Waals surface area contributed by atoms with E-state index in [4.69, 9.17) is 5.11 Å². The van der Waals surface area contributed by atoms with Crippen LogP contribution in [0.25, 0.3) is 0 Å². The number of aliphatic hydroxyl groups is 3. The summed E-state index contributed by atoms with van der Waals surface area (Å²) in [5.41, 5.74) is 1.67. The van der Waals surface area contributed by atoms with Crippen molar-refractivity contribution in [1.82, 2.24) is 0 Å². The first-order valence-corrected chi connectivity index (χ1v) is 12.4. The molecule has 4 rings (SSSR count). The van der Waals surface area contributed by atoms with Crippen molar-refractivity contribution in [2.75, 3.05) is 6.61 Å². The Kier molecular flexibility index (Phi) is 5.99. The molecule has 0 saturated heterocycles. The molecule has 0 aromatic heterocycles. The van der Waals surface area contributed by atoms with Crippen molar-refractivity contribution >= 4 is 0 Å². The van der Waals surface area contributed by atoms with Gasteiger partial charge in [0.15, 0.2) is 0 Å². The molecule has 0 radical (unpaired) electrons. The third kappa shape index (κ3) is 3.85. The van der Waals surface area contributed by atoms with E-state index in [0.717, 1.165) is 49.4 Å². The molecule has 0 amide bonds. The lowest BCUT2D eigenvalue weighted by Crippen LogP contribution is -2.50. The van der Waals surface area contributed by atoms with E-state index in [-0.39, 0.29) is 12.7 Å². The summed E-state index contributed by atoms with van der Waals surface area (Å²) in [4.78, 5) is 0. The number of hydrogen-bond acceptors (Lipinski definition) is 3. The number of aliphatic hydroxyl groups excluding tert-OH is 2. The highest BCUT2D eigenvalue weighted by Gasteiger charge is 2.58. The minimum atomic E-state index is -0.712. The van der Waals surface area contributed by atoms with E-state index in [0.29, 0.717) is 17.3 Å². The van der Waals surface area contributed by atoms with E-state index < -0.39 is 5.60 Å². The van der Waals surface area contributed by atoms with Crippen molar-refractivity contribution in [2.24, 2.45) is 34.5 Å². The summed E-state index contributed by atoms with van der Waals surface area (Å²) >= 11 is 0. The largest absolute Gasteiger partial charge is 0.396 e. The van der Waals surface area contributed by atoms with Crippen LogP contribution in [0.3, 0.4) is 0 Å². The standard InChI is InChI=1S/C26H44O3/c1-24(29,15-16-27)12-4-5-18-7-9-22-21-8-6-19-17-20(28)10-13-26(19,3)23(21)11-14-25(18,22)2/h6,18,20-23,27-29H,4-5,7-17H2,1-3H3/t18-,20?,21-,22?,23?,24?,25?,26?/m0/s1. The maximum Gasteiger partial charge on any atom is 0.0641 e. The Labute approximate surface area is 178 Å². The molecule has 8 atom stereocenters. The highest BCUT2D eigenvalue weighted by Crippen LogP contribution is 2.66. The van der Waals surface area contributed by atoms with Crippen LogP contribution in [0.4, 0.5) is 0 Å². The summed E-state index contributed by atoms with van der Waals surface area (Å²) in [6.45, 7) is 7.05. The van der Waals surface area contributed by atoms with Gasteiger partial charge in [0, 0.05) is 6.61 Å². The van der Waals surface area contributed by atoms with Crippen molar-refractivity contribution in [3.63, 3.8) is 0 Å². The molecule has 166 valence electrons. The Balaban J connectivity index is 1.43. The monoisotopic (exact) mass is 404 g/mol. The second kappa shape index (κ2) is 7.95. The zero-order valence-corrected chi connectivity index (χ0v) is 19.0. The molecule has 4 aliphatic rings. The Morgan fingerprint density at radius 1 is 1.07 bits per heavy atom. The summed E-state index contributed by atoms with van der Waals surface area (Å²) < 4.78 is 0. The van der Waals surface area contributed by atoms with Gasteiger partial charge in [-0.05, 0) is 112 Å². The van der Waals surface area contributed by atoms with E-state index >= 15 is 0 Å². The summed E-state index contributed by atoms with van der Waals surface area (Å²) in [5, 5.41) is 29.8. The number of allylic oxidation sites excluding steroid dienone is 1. The fourth-order valence-corrected chi connectivity index (χ4v) is 8.32. The van der Waals surface area contributed by atoms with Gasteiger partial charge in [-0.15, -0.1) is 0 Å².